The van der Waals surface area contributed by atoms with Gasteiger partial charge in [-0.2, -0.15) is 0 Å². The van der Waals surface area contributed by atoms with Crippen LogP contribution in [0.4, 0.5) is 0 Å². The number of fused-ring (bicyclic) bond motifs is 3. The number of benzene rings is 1. The number of rotatable bonds is 4. The Balaban J connectivity index is 1.44. The van der Waals surface area contributed by atoms with E-state index in [-0.39, 0.29) is 23.5 Å². The minimum absolute atomic E-state index is 0.00539. The van der Waals surface area contributed by atoms with Crippen molar-refractivity contribution in [2.45, 2.75) is 44.6 Å². The highest BCUT2D eigenvalue weighted by atomic mass is 16.5. The van der Waals surface area contributed by atoms with Crippen molar-refractivity contribution in [1.82, 2.24) is 15.0 Å². The number of carbonyl (C=O) groups excluding carboxylic acids is 2. The van der Waals surface area contributed by atoms with E-state index >= 15 is 0 Å². The summed E-state index contributed by atoms with van der Waals surface area (Å²) in [5, 5.41) is 8.02. The van der Waals surface area contributed by atoms with E-state index in [4.69, 9.17) is 4.52 Å². The SMILES string of the molecule is CC1(c2cc(CC(=O)c3ccc4cc5n(c4c3)CCCNC5=O)on2)CC1. The lowest BCUT2D eigenvalue weighted by Crippen LogP contribution is -2.22. The van der Waals surface area contributed by atoms with Crippen LogP contribution < -0.4 is 5.32 Å². The number of carbonyl (C=O) groups is 2. The van der Waals surface area contributed by atoms with Gasteiger partial charge in [-0.3, -0.25) is 9.59 Å². The van der Waals surface area contributed by atoms with Gasteiger partial charge in [-0.1, -0.05) is 24.2 Å². The zero-order valence-electron chi connectivity index (χ0n) is 15.2. The average molecular weight is 363 g/mol. The Morgan fingerprint density at radius 3 is 2.96 bits per heavy atom. The quantitative estimate of drug-likeness (QED) is 0.722. The molecule has 27 heavy (non-hydrogen) atoms. The van der Waals surface area contributed by atoms with Gasteiger partial charge in [0, 0.05) is 41.0 Å². The molecule has 2 aromatic heterocycles. The molecule has 0 atom stereocenters. The topological polar surface area (TPSA) is 77.1 Å². The van der Waals surface area contributed by atoms with Crippen LogP contribution in [0.25, 0.3) is 10.9 Å². The lowest BCUT2D eigenvalue weighted by atomic mass is 10.0. The molecule has 0 saturated heterocycles. The van der Waals surface area contributed by atoms with E-state index in [0.29, 0.717) is 23.6 Å². The summed E-state index contributed by atoms with van der Waals surface area (Å²) in [4.78, 5) is 25.0. The van der Waals surface area contributed by atoms with Gasteiger partial charge in [0.2, 0.25) is 0 Å². The molecular weight excluding hydrogens is 342 g/mol. The van der Waals surface area contributed by atoms with E-state index in [1.807, 2.05) is 34.9 Å². The minimum atomic E-state index is -0.0562. The number of ketones is 1. The zero-order valence-corrected chi connectivity index (χ0v) is 15.2. The molecule has 1 aliphatic carbocycles. The van der Waals surface area contributed by atoms with Crippen LogP contribution in [0.3, 0.4) is 0 Å². The lowest BCUT2D eigenvalue weighted by molar-refractivity contribution is 0.0949. The molecule has 138 valence electrons. The summed E-state index contributed by atoms with van der Waals surface area (Å²) < 4.78 is 7.40. The van der Waals surface area contributed by atoms with Gasteiger partial charge < -0.3 is 14.4 Å². The number of nitrogens with one attached hydrogen (secondary N) is 1. The Kier molecular flexibility index (Phi) is 3.50. The predicted octanol–water partition coefficient (Wildman–Crippen LogP) is 3.24. The van der Waals surface area contributed by atoms with Crippen molar-refractivity contribution in [1.29, 1.82) is 0 Å². The van der Waals surface area contributed by atoms with Crippen molar-refractivity contribution in [3.63, 3.8) is 0 Å². The molecule has 3 aromatic rings. The summed E-state index contributed by atoms with van der Waals surface area (Å²) in [5.74, 6) is 0.546. The lowest BCUT2D eigenvalue weighted by Gasteiger charge is -2.06. The van der Waals surface area contributed by atoms with Crippen LogP contribution in [-0.2, 0) is 18.4 Å². The van der Waals surface area contributed by atoms with E-state index in [2.05, 4.69) is 17.4 Å². The normalized spacial score (nSPS) is 18.0. The molecule has 1 N–H and O–H groups in total. The molecule has 0 radical (unpaired) electrons. The summed E-state index contributed by atoms with van der Waals surface area (Å²) in [5.41, 5.74) is 3.29. The van der Waals surface area contributed by atoms with Crippen molar-refractivity contribution in [2.24, 2.45) is 0 Å². The Bertz CT molecular complexity index is 1070. The highest BCUT2D eigenvalue weighted by Gasteiger charge is 2.42. The number of nitrogens with zero attached hydrogens (tertiary/aromatic N) is 2. The first-order chi connectivity index (χ1) is 13.0. The number of aryl methyl sites for hydroxylation is 1. The fourth-order valence-corrected chi connectivity index (χ4v) is 3.77. The smallest absolute Gasteiger partial charge is 0.267 e. The minimum Gasteiger partial charge on any atom is -0.361 e. The Morgan fingerprint density at radius 2 is 2.15 bits per heavy atom. The first kappa shape index (κ1) is 16.3. The molecule has 1 saturated carbocycles. The fraction of sp³-hybridized carbons (Fsp3) is 0.381. The Labute approximate surface area is 156 Å². The standard InChI is InChI=1S/C21H21N3O3/c1-21(5-6-21)19-12-15(27-23-19)11-18(25)14-4-3-13-9-17-20(26)22-7-2-8-24(17)16(13)10-14/h3-4,9-10,12H,2,5-8,11H2,1H3,(H,22,26). The van der Waals surface area contributed by atoms with Gasteiger partial charge >= 0.3 is 0 Å². The molecule has 5 rings (SSSR count). The number of amides is 1. The molecule has 0 unspecified atom stereocenters. The third-order valence-electron chi connectivity index (χ3n) is 5.82. The van der Waals surface area contributed by atoms with E-state index in [9.17, 15) is 9.59 Å². The molecule has 1 amide bonds. The number of hydrogen-bond donors (Lipinski definition) is 1. The summed E-state index contributed by atoms with van der Waals surface area (Å²) in [6.45, 7) is 3.60. The van der Waals surface area contributed by atoms with Gasteiger partial charge in [0.25, 0.3) is 5.91 Å². The Hall–Kier alpha value is -2.89. The molecule has 0 spiro atoms. The summed E-state index contributed by atoms with van der Waals surface area (Å²) >= 11 is 0. The molecule has 6 nitrogen and oxygen atoms in total. The highest BCUT2D eigenvalue weighted by Crippen LogP contribution is 2.47. The van der Waals surface area contributed by atoms with Crippen LogP contribution in [0.15, 0.2) is 34.9 Å². The monoisotopic (exact) mass is 363 g/mol. The van der Waals surface area contributed by atoms with Gasteiger partial charge in [0.15, 0.2) is 5.78 Å². The van der Waals surface area contributed by atoms with E-state index < -0.39 is 0 Å². The van der Waals surface area contributed by atoms with Crippen LogP contribution in [0, 0.1) is 0 Å². The van der Waals surface area contributed by atoms with Crippen LogP contribution in [0.1, 0.15) is 58.5 Å². The third kappa shape index (κ3) is 2.76. The van der Waals surface area contributed by atoms with Gasteiger partial charge in [-0.25, -0.2) is 0 Å². The van der Waals surface area contributed by atoms with Crippen molar-refractivity contribution in [3.05, 3.63) is 53.0 Å². The number of Topliss-reactive ketones (excluding diaryl/α,β-unsaturated/α-hetero) is 1. The maximum absolute atomic E-state index is 12.8. The summed E-state index contributed by atoms with van der Waals surface area (Å²) in [6, 6.07) is 9.43. The van der Waals surface area contributed by atoms with E-state index in [1.165, 1.54) is 0 Å². The second-order valence-corrected chi connectivity index (χ2v) is 7.90. The molecule has 1 aromatic carbocycles. The number of aromatic nitrogens is 2. The third-order valence-corrected chi connectivity index (χ3v) is 5.82. The maximum atomic E-state index is 12.8. The average Bonchev–Trinajstić information content (AvgIpc) is 3.13. The first-order valence-electron chi connectivity index (χ1n) is 9.44. The van der Waals surface area contributed by atoms with Gasteiger partial charge in [0.1, 0.15) is 11.5 Å². The van der Waals surface area contributed by atoms with Crippen LogP contribution in [-0.4, -0.2) is 28.0 Å². The summed E-state index contributed by atoms with van der Waals surface area (Å²) in [7, 11) is 0. The van der Waals surface area contributed by atoms with E-state index in [1.54, 1.807) is 0 Å². The Morgan fingerprint density at radius 1 is 1.30 bits per heavy atom. The van der Waals surface area contributed by atoms with Crippen LogP contribution in [0.2, 0.25) is 0 Å². The predicted molar refractivity (Wildman–Crippen MR) is 100 cm³/mol. The molecule has 0 bridgehead atoms. The molecular formula is C21H21N3O3. The molecule has 1 fully saturated rings. The molecule has 6 heteroatoms. The van der Waals surface area contributed by atoms with Crippen molar-refractivity contribution in [3.8, 4) is 0 Å². The van der Waals surface area contributed by atoms with Crippen molar-refractivity contribution < 1.29 is 14.1 Å². The van der Waals surface area contributed by atoms with E-state index in [0.717, 1.165) is 42.4 Å². The van der Waals surface area contributed by atoms with Gasteiger partial charge in [0.05, 0.1) is 12.1 Å². The fourth-order valence-electron chi connectivity index (χ4n) is 3.77. The second kappa shape index (κ2) is 5.81. The summed E-state index contributed by atoms with van der Waals surface area (Å²) in [6.07, 6.45) is 3.32. The molecule has 2 aliphatic rings. The molecule has 3 heterocycles. The zero-order chi connectivity index (χ0) is 18.6. The number of hydrogen-bond acceptors (Lipinski definition) is 4. The second-order valence-electron chi connectivity index (χ2n) is 7.90. The van der Waals surface area contributed by atoms with Gasteiger partial charge in [-0.05, 0) is 31.4 Å². The van der Waals surface area contributed by atoms with Crippen molar-refractivity contribution in [2.75, 3.05) is 6.54 Å². The van der Waals surface area contributed by atoms with Crippen LogP contribution in [0.5, 0.6) is 0 Å². The first-order valence-corrected chi connectivity index (χ1v) is 9.44. The van der Waals surface area contributed by atoms with Gasteiger partial charge in [-0.15, -0.1) is 0 Å². The van der Waals surface area contributed by atoms with Crippen LogP contribution >= 0.6 is 0 Å². The maximum Gasteiger partial charge on any atom is 0.267 e. The highest BCUT2D eigenvalue weighted by molar-refractivity contribution is 6.03. The largest absolute Gasteiger partial charge is 0.361 e. The van der Waals surface area contributed by atoms with Crippen molar-refractivity contribution >= 4 is 22.6 Å². The molecule has 1 aliphatic heterocycles.